The minimum atomic E-state index is -3.83. The molecule has 1 aliphatic rings. The van der Waals surface area contributed by atoms with Crippen LogP contribution in [-0.2, 0) is 16.4 Å². The van der Waals surface area contributed by atoms with E-state index in [0.717, 1.165) is 67.4 Å². The van der Waals surface area contributed by atoms with Gasteiger partial charge in [0.1, 0.15) is 10.6 Å². The van der Waals surface area contributed by atoms with Gasteiger partial charge in [0.2, 0.25) is 10.0 Å². The molecule has 0 radical (unpaired) electrons. The van der Waals surface area contributed by atoms with E-state index in [0.29, 0.717) is 5.92 Å². The number of aryl methyl sites for hydroxylation is 1. The number of hydrogen-bond acceptors (Lipinski definition) is 6. The molecule has 1 aliphatic heterocycles. The zero-order valence-corrected chi connectivity index (χ0v) is 19.3. The van der Waals surface area contributed by atoms with Gasteiger partial charge in [-0.05, 0) is 57.0 Å². The lowest BCUT2D eigenvalue weighted by Gasteiger charge is -2.30. The van der Waals surface area contributed by atoms with Gasteiger partial charge in [-0.25, -0.2) is 18.5 Å². The van der Waals surface area contributed by atoms with Crippen LogP contribution in [0.1, 0.15) is 35.9 Å². The number of nitrogens with two attached hydrogens (primary N) is 1. The average Bonchev–Trinajstić information content (AvgIpc) is 3.19. The first-order chi connectivity index (χ1) is 15.3. The second-order valence-electron chi connectivity index (χ2n) is 8.23. The Balaban J connectivity index is 1.35. The highest BCUT2D eigenvalue weighted by atomic mass is 32.2. The van der Waals surface area contributed by atoms with Gasteiger partial charge in [-0.2, -0.15) is 0 Å². The van der Waals surface area contributed by atoms with E-state index in [-0.39, 0.29) is 10.6 Å². The SMILES string of the molecule is COc1ccc(CCN2CCC(c3nc(C)c(-c4ccccc4)o3)CC2)cc1S(N)(=O)=O. The summed E-state index contributed by atoms with van der Waals surface area (Å²) in [4.78, 5) is 7.14. The molecule has 0 amide bonds. The van der Waals surface area contributed by atoms with Gasteiger partial charge in [-0.15, -0.1) is 0 Å². The minimum absolute atomic E-state index is 0.0321. The van der Waals surface area contributed by atoms with Gasteiger partial charge in [0.25, 0.3) is 0 Å². The number of oxazole rings is 1. The van der Waals surface area contributed by atoms with Crippen LogP contribution in [0.25, 0.3) is 11.3 Å². The molecule has 0 bridgehead atoms. The van der Waals surface area contributed by atoms with Gasteiger partial charge < -0.3 is 14.1 Å². The number of benzene rings is 2. The van der Waals surface area contributed by atoms with Crippen LogP contribution in [0.3, 0.4) is 0 Å². The van der Waals surface area contributed by atoms with Crippen LogP contribution in [0.4, 0.5) is 0 Å². The molecule has 2 heterocycles. The first kappa shape index (κ1) is 22.5. The molecule has 0 atom stereocenters. The highest BCUT2D eigenvalue weighted by Gasteiger charge is 2.26. The van der Waals surface area contributed by atoms with E-state index in [1.807, 2.05) is 43.3 Å². The number of primary sulfonamides is 1. The summed E-state index contributed by atoms with van der Waals surface area (Å²) in [5.41, 5.74) is 2.91. The first-order valence-electron chi connectivity index (χ1n) is 10.8. The van der Waals surface area contributed by atoms with Crippen molar-refractivity contribution in [2.75, 3.05) is 26.7 Å². The molecule has 1 fully saturated rings. The van der Waals surface area contributed by atoms with Crippen LogP contribution < -0.4 is 9.88 Å². The van der Waals surface area contributed by atoms with Crippen LogP contribution in [-0.4, -0.2) is 45.0 Å². The molecular weight excluding hydrogens is 426 g/mol. The van der Waals surface area contributed by atoms with Gasteiger partial charge in [0.15, 0.2) is 11.7 Å². The molecule has 2 N–H and O–H groups in total. The van der Waals surface area contributed by atoms with Crippen molar-refractivity contribution < 1.29 is 17.6 Å². The number of ether oxygens (including phenoxy) is 1. The lowest BCUT2D eigenvalue weighted by atomic mass is 9.96. The lowest BCUT2D eigenvalue weighted by molar-refractivity contribution is 0.202. The van der Waals surface area contributed by atoms with E-state index >= 15 is 0 Å². The fraction of sp³-hybridized carbons (Fsp3) is 0.375. The van der Waals surface area contributed by atoms with E-state index in [4.69, 9.17) is 19.3 Å². The van der Waals surface area contributed by atoms with E-state index in [1.165, 1.54) is 7.11 Å². The molecule has 0 spiro atoms. The fourth-order valence-electron chi connectivity index (χ4n) is 4.24. The van der Waals surface area contributed by atoms with Crippen molar-refractivity contribution in [3.05, 3.63) is 65.7 Å². The van der Waals surface area contributed by atoms with E-state index in [2.05, 4.69) is 4.90 Å². The largest absolute Gasteiger partial charge is 0.495 e. The Morgan fingerprint density at radius 3 is 2.53 bits per heavy atom. The van der Waals surface area contributed by atoms with Gasteiger partial charge in [-0.3, -0.25) is 0 Å². The Labute approximate surface area is 189 Å². The molecule has 170 valence electrons. The first-order valence-corrected chi connectivity index (χ1v) is 12.3. The van der Waals surface area contributed by atoms with Crippen molar-refractivity contribution in [2.45, 2.75) is 37.0 Å². The summed E-state index contributed by atoms with van der Waals surface area (Å²) in [6, 6.07) is 15.3. The van der Waals surface area contributed by atoms with Crippen molar-refractivity contribution >= 4 is 10.0 Å². The van der Waals surface area contributed by atoms with Crippen molar-refractivity contribution in [1.29, 1.82) is 0 Å². The van der Waals surface area contributed by atoms with Crippen molar-refractivity contribution in [3.63, 3.8) is 0 Å². The molecule has 7 nitrogen and oxygen atoms in total. The van der Waals surface area contributed by atoms with Gasteiger partial charge >= 0.3 is 0 Å². The number of sulfonamides is 1. The third-order valence-electron chi connectivity index (χ3n) is 6.04. The molecule has 3 aromatic rings. The molecule has 32 heavy (non-hydrogen) atoms. The Morgan fingerprint density at radius 2 is 1.88 bits per heavy atom. The third kappa shape index (κ3) is 5.03. The molecular formula is C24H29N3O4S. The fourth-order valence-corrected chi connectivity index (χ4v) is 4.99. The van der Waals surface area contributed by atoms with E-state index in [9.17, 15) is 8.42 Å². The number of piperidine rings is 1. The topological polar surface area (TPSA) is 98.7 Å². The van der Waals surface area contributed by atoms with Crippen molar-refractivity contribution in [1.82, 2.24) is 9.88 Å². The maximum Gasteiger partial charge on any atom is 0.241 e. The number of methoxy groups -OCH3 is 1. The van der Waals surface area contributed by atoms with Gasteiger partial charge in [-0.1, -0.05) is 36.4 Å². The van der Waals surface area contributed by atoms with E-state index < -0.39 is 10.0 Å². The Bertz CT molecular complexity index is 1170. The van der Waals surface area contributed by atoms with Gasteiger partial charge in [0, 0.05) is 18.0 Å². The Morgan fingerprint density at radius 1 is 1.16 bits per heavy atom. The van der Waals surface area contributed by atoms with Crippen molar-refractivity contribution in [3.8, 4) is 17.1 Å². The maximum atomic E-state index is 11.8. The molecule has 1 aromatic heterocycles. The van der Waals surface area contributed by atoms with Crippen LogP contribution in [0, 0.1) is 6.92 Å². The number of hydrogen-bond donors (Lipinski definition) is 1. The number of aromatic nitrogens is 1. The zero-order chi connectivity index (χ0) is 22.7. The molecule has 0 unspecified atom stereocenters. The standard InChI is InChI=1S/C24H29N3O4S/c1-17-23(19-6-4-3-5-7-19)31-24(26-17)20-11-14-27(15-12-20)13-10-18-8-9-21(30-2)22(16-18)32(25,28)29/h3-9,16,20H,10-15H2,1-2H3,(H2,25,28,29). The predicted octanol–water partition coefficient (Wildman–Crippen LogP) is 3.73. The second kappa shape index (κ2) is 9.44. The quantitative estimate of drug-likeness (QED) is 0.583. The van der Waals surface area contributed by atoms with Crippen LogP contribution in [0.2, 0.25) is 0 Å². The summed E-state index contributed by atoms with van der Waals surface area (Å²) in [7, 11) is -2.39. The number of nitrogens with zero attached hydrogens (tertiary/aromatic N) is 2. The van der Waals surface area contributed by atoms with E-state index in [1.54, 1.807) is 12.1 Å². The molecule has 0 saturated carbocycles. The molecule has 0 aliphatic carbocycles. The number of rotatable bonds is 7. The highest BCUT2D eigenvalue weighted by molar-refractivity contribution is 7.89. The Hall–Kier alpha value is -2.68. The van der Waals surface area contributed by atoms with Crippen LogP contribution in [0.5, 0.6) is 5.75 Å². The molecule has 1 saturated heterocycles. The number of likely N-dealkylation sites (tertiary alicyclic amines) is 1. The minimum Gasteiger partial charge on any atom is -0.495 e. The van der Waals surface area contributed by atoms with Crippen LogP contribution in [0.15, 0.2) is 57.8 Å². The van der Waals surface area contributed by atoms with Gasteiger partial charge in [0.05, 0.1) is 12.8 Å². The van der Waals surface area contributed by atoms with Crippen molar-refractivity contribution in [2.24, 2.45) is 5.14 Å². The van der Waals surface area contributed by atoms with Crippen LogP contribution >= 0.6 is 0 Å². The third-order valence-corrected chi connectivity index (χ3v) is 6.97. The predicted molar refractivity (Wildman–Crippen MR) is 123 cm³/mol. The summed E-state index contributed by atoms with van der Waals surface area (Å²) in [6.07, 6.45) is 2.71. The summed E-state index contributed by atoms with van der Waals surface area (Å²) < 4.78 is 35.0. The molecule has 2 aromatic carbocycles. The monoisotopic (exact) mass is 455 g/mol. The zero-order valence-electron chi connectivity index (χ0n) is 18.5. The molecule has 8 heteroatoms. The second-order valence-corrected chi connectivity index (χ2v) is 9.76. The lowest BCUT2D eigenvalue weighted by Crippen LogP contribution is -2.34. The normalized spacial score (nSPS) is 15.7. The summed E-state index contributed by atoms with van der Waals surface area (Å²) >= 11 is 0. The summed E-state index contributed by atoms with van der Waals surface area (Å²) in [6.45, 7) is 4.74. The molecule has 4 rings (SSSR count). The average molecular weight is 456 g/mol. The summed E-state index contributed by atoms with van der Waals surface area (Å²) in [5, 5.41) is 5.33. The maximum absolute atomic E-state index is 11.8. The Kier molecular flexibility index (Phi) is 6.64. The highest BCUT2D eigenvalue weighted by Crippen LogP contribution is 2.32. The summed E-state index contributed by atoms with van der Waals surface area (Å²) in [5.74, 6) is 2.27. The smallest absolute Gasteiger partial charge is 0.241 e.